The highest BCUT2D eigenvalue weighted by atomic mass is 16.5. The maximum atomic E-state index is 12.8. The average molecular weight is 360 g/mol. The normalized spacial score (nSPS) is 26.9. The first kappa shape index (κ1) is 18.7. The number of aliphatic hydroxyl groups excluding tert-OH is 1. The molecular formula is C20H28N2O4. The molecule has 26 heavy (non-hydrogen) atoms. The maximum Gasteiger partial charge on any atom is 0.325 e. The van der Waals surface area contributed by atoms with Gasteiger partial charge in [0.2, 0.25) is 0 Å². The minimum atomic E-state index is -0.928. The number of nitrogens with one attached hydrogen (secondary N) is 1. The van der Waals surface area contributed by atoms with Crippen molar-refractivity contribution in [1.82, 2.24) is 10.2 Å². The number of carbonyl (C=O) groups is 2. The molecule has 6 nitrogen and oxygen atoms in total. The van der Waals surface area contributed by atoms with Crippen molar-refractivity contribution in [2.24, 2.45) is 5.92 Å². The van der Waals surface area contributed by atoms with Crippen LogP contribution in [-0.4, -0.2) is 46.7 Å². The van der Waals surface area contributed by atoms with Crippen LogP contribution in [0.25, 0.3) is 0 Å². The largest absolute Gasteiger partial charge is 0.491 e. The van der Waals surface area contributed by atoms with Gasteiger partial charge in [-0.2, -0.15) is 0 Å². The summed E-state index contributed by atoms with van der Waals surface area (Å²) in [5.74, 6) is 1.05. The molecule has 2 fully saturated rings. The molecule has 1 aliphatic carbocycles. The molecule has 1 aromatic carbocycles. The number of aliphatic hydroxyl groups is 1. The molecule has 1 unspecified atom stereocenters. The van der Waals surface area contributed by atoms with Gasteiger partial charge in [0, 0.05) is 0 Å². The second-order valence-corrected chi connectivity index (χ2v) is 7.90. The molecular weight excluding hydrogens is 332 g/mol. The number of hydrogen-bond donors (Lipinski definition) is 2. The number of hydrogen-bond acceptors (Lipinski definition) is 4. The highest BCUT2D eigenvalue weighted by Crippen LogP contribution is 2.36. The summed E-state index contributed by atoms with van der Waals surface area (Å²) in [6.45, 7) is 6.11. The molecule has 142 valence electrons. The van der Waals surface area contributed by atoms with E-state index in [9.17, 15) is 14.7 Å². The number of aryl methyl sites for hydroxylation is 2. The second-order valence-electron chi connectivity index (χ2n) is 7.90. The van der Waals surface area contributed by atoms with Crippen molar-refractivity contribution in [1.29, 1.82) is 0 Å². The topological polar surface area (TPSA) is 78.9 Å². The number of rotatable bonds is 5. The van der Waals surface area contributed by atoms with E-state index in [1.54, 1.807) is 0 Å². The molecule has 1 aliphatic heterocycles. The van der Waals surface area contributed by atoms with E-state index in [1.807, 2.05) is 32.0 Å². The van der Waals surface area contributed by atoms with Crippen molar-refractivity contribution in [2.75, 3.05) is 13.2 Å². The fourth-order valence-corrected chi connectivity index (χ4v) is 3.91. The van der Waals surface area contributed by atoms with Gasteiger partial charge in [0.15, 0.2) is 0 Å². The Balaban J connectivity index is 1.58. The van der Waals surface area contributed by atoms with Crippen LogP contribution in [0.4, 0.5) is 4.79 Å². The van der Waals surface area contributed by atoms with Crippen molar-refractivity contribution >= 4 is 11.9 Å². The second kappa shape index (κ2) is 7.27. The number of urea groups is 1. The van der Waals surface area contributed by atoms with E-state index in [0.717, 1.165) is 28.9 Å². The smallest absolute Gasteiger partial charge is 0.325 e. The van der Waals surface area contributed by atoms with E-state index in [2.05, 4.69) is 12.2 Å². The van der Waals surface area contributed by atoms with Crippen molar-refractivity contribution in [2.45, 2.75) is 58.1 Å². The summed E-state index contributed by atoms with van der Waals surface area (Å²) in [6.07, 6.45) is 2.27. The molecule has 3 amide bonds. The minimum absolute atomic E-state index is 0.0317. The average Bonchev–Trinajstić information content (AvgIpc) is 2.79. The number of carbonyl (C=O) groups excluding carboxylic acids is 2. The maximum absolute atomic E-state index is 12.8. The predicted molar refractivity (Wildman–Crippen MR) is 98.0 cm³/mol. The van der Waals surface area contributed by atoms with Crippen molar-refractivity contribution in [3.05, 3.63) is 29.3 Å². The van der Waals surface area contributed by atoms with Gasteiger partial charge in [-0.1, -0.05) is 13.0 Å². The molecule has 0 aromatic heterocycles. The van der Waals surface area contributed by atoms with Crippen LogP contribution in [0.15, 0.2) is 18.2 Å². The molecule has 2 N–H and O–H groups in total. The van der Waals surface area contributed by atoms with Crippen molar-refractivity contribution in [3.8, 4) is 5.75 Å². The van der Waals surface area contributed by atoms with Gasteiger partial charge < -0.3 is 15.2 Å². The summed E-state index contributed by atoms with van der Waals surface area (Å²) in [5, 5.41) is 13.1. The standard InChI is InChI=1S/C20H28N2O4/c1-13-4-6-20(7-5-13)18(24)22(19(25)21-20)11-16(23)12-26-17-9-14(2)8-15(3)10-17/h8-10,13,16,23H,4-7,11-12H2,1-3H3,(H,21,25). The first-order chi connectivity index (χ1) is 12.3. The molecule has 1 heterocycles. The van der Waals surface area contributed by atoms with Crippen LogP contribution < -0.4 is 10.1 Å². The highest BCUT2D eigenvalue weighted by molar-refractivity contribution is 6.07. The van der Waals surface area contributed by atoms with Crippen LogP contribution in [0, 0.1) is 19.8 Å². The summed E-state index contributed by atoms with van der Waals surface area (Å²) >= 11 is 0. The molecule has 1 saturated carbocycles. The van der Waals surface area contributed by atoms with Crippen LogP contribution >= 0.6 is 0 Å². The Morgan fingerprint density at radius 3 is 2.46 bits per heavy atom. The Morgan fingerprint density at radius 1 is 1.23 bits per heavy atom. The Kier molecular flexibility index (Phi) is 5.23. The van der Waals surface area contributed by atoms with Crippen LogP contribution in [0.1, 0.15) is 43.7 Å². The molecule has 1 spiro atoms. The van der Waals surface area contributed by atoms with Crippen LogP contribution in [0.3, 0.4) is 0 Å². The fraction of sp³-hybridized carbons (Fsp3) is 0.600. The molecule has 0 bridgehead atoms. The predicted octanol–water partition coefficient (Wildman–Crippen LogP) is 2.54. The summed E-state index contributed by atoms with van der Waals surface area (Å²) in [5.41, 5.74) is 1.40. The van der Waals surface area contributed by atoms with Gasteiger partial charge in [-0.3, -0.25) is 9.69 Å². The van der Waals surface area contributed by atoms with E-state index in [4.69, 9.17) is 4.74 Å². The molecule has 3 rings (SSSR count). The zero-order valence-electron chi connectivity index (χ0n) is 15.7. The van der Waals surface area contributed by atoms with Crippen LogP contribution in [0.5, 0.6) is 5.75 Å². The third-order valence-electron chi connectivity index (χ3n) is 5.40. The molecule has 1 saturated heterocycles. The summed E-state index contributed by atoms with van der Waals surface area (Å²) < 4.78 is 5.64. The zero-order valence-corrected chi connectivity index (χ0v) is 15.7. The summed E-state index contributed by atoms with van der Waals surface area (Å²) in [7, 11) is 0. The molecule has 6 heteroatoms. The molecule has 2 aliphatic rings. The SMILES string of the molecule is Cc1cc(C)cc(OCC(O)CN2C(=O)NC3(CCC(C)CC3)C2=O)c1. The lowest BCUT2D eigenvalue weighted by Crippen LogP contribution is -2.49. The lowest BCUT2D eigenvalue weighted by atomic mass is 9.77. The van der Waals surface area contributed by atoms with Crippen molar-refractivity contribution < 1.29 is 19.4 Å². The lowest BCUT2D eigenvalue weighted by molar-refractivity contribution is -0.133. The van der Waals surface area contributed by atoms with Crippen LogP contribution in [0.2, 0.25) is 0 Å². The van der Waals surface area contributed by atoms with E-state index < -0.39 is 17.7 Å². The minimum Gasteiger partial charge on any atom is -0.491 e. The van der Waals surface area contributed by atoms with E-state index in [0.29, 0.717) is 24.5 Å². The van der Waals surface area contributed by atoms with Gasteiger partial charge in [0.05, 0.1) is 6.54 Å². The van der Waals surface area contributed by atoms with Gasteiger partial charge in [0.25, 0.3) is 5.91 Å². The van der Waals surface area contributed by atoms with Gasteiger partial charge in [0.1, 0.15) is 24.0 Å². The number of ether oxygens (including phenoxy) is 1. The summed E-state index contributed by atoms with van der Waals surface area (Å²) in [6, 6.07) is 5.42. The molecule has 1 aromatic rings. The van der Waals surface area contributed by atoms with Gasteiger partial charge >= 0.3 is 6.03 Å². The Hall–Kier alpha value is -2.08. The van der Waals surface area contributed by atoms with E-state index in [1.165, 1.54) is 0 Å². The molecule has 0 radical (unpaired) electrons. The monoisotopic (exact) mass is 360 g/mol. The van der Waals surface area contributed by atoms with E-state index >= 15 is 0 Å². The Bertz CT molecular complexity index is 675. The number of nitrogens with zero attached hydrogens (tertiary/aromatic N) is 1. The first-order valence-electron chi connectivity index (χ1n) is 9.32. The van der Waals surface area contributed by atoms with E-state index in [-0.39, 0.29) is 19.1 Å². The van der Waals surface area contributed by atoms with Crippen molar-refractivity contribution in [3.63, 3.8) is 0 Å². The van der Waals surface area contributed by atoms with Gasteiger partial charge in [-0.25, -0.2) is 4.79 Å². The Morgan fingerprint density at radius 2 is 1.85 bits per heavy atom. The summed E-state index contributed by atoms with van der Waals surface area (Å²) in [4.78, 5) is 26.2. The number of amides is 3. The lowest BCUT2D eigenvalue weighted by Gasteiger charge is -2.33. The van der Waals surface area contributed by atoms with Gasteiger partial charge in [-0.05, 0) is 68.7 Å². The number of imide groups is 1. The number of β-amino-alcohol motifs (C(OH)–C–C–N with tert-alkyl or cyclic N) is 1. The molecule has 1 atom stereocenters. The first-order valence-corrected chi connectivity index (χ1v) is 9.32. The third-order valence-corrected chi connectivity index (χ3v) is 5.40. The zero-order chi connectivity index (χ0) is 18.9. The third kappa shape index (κ3) is 3.85. The quantitative estimate of drug-likeness (QED) is 0.791. The number of benzene rings is 1. The Labute approximate surface area is 154 Å². The van der Waals surface area contributed by atoms with Crippen LogP contribution in [-0.2, 0) is 4.79 Å². The van der Waals surface area contributed by atoms with Gasteiger partial charge in [-0.15, -0.1) is 0 Å². The highest BCUT2D eigenvalue weighted by Gasteiger charge is 2.52. The fourth-order valence-electron chi connectivity index (χ4n) is 3.91.